The molecule has 33 heavy (non-hydrogen) atoms. The summed E-state index contributed by atoms with van der Waals surface area (Å²) in [5.74, 6) is 0. The van der Waals surface area contributed by atoms with Crippen molar-refractivity contribution in [2.75, 3.05) is 26.2 Å². The molecule has 0 saturated carbocycles. The number of fused-ring (bicyclic) bond motifs is 2. The molecule has 1 aliphatic heterocycles. The topological polar surface area (TPSA) is 101 Å². The molecule has 0 unspecified atom stereocenters. The highest BCUT2D eigenvalue weighted by atomic mass is 32.2. The highest BCUT2D eigenvalue weighted by Gasteiger charge is 2.33. The van der Waals surface area contributed by atoms with Crippen molar-refractivity contribution < 1.29 is 16.8 Å². The van der Waals surface area contributed by atoms with E-state index in [0.29, 0.717) is 17.2 Å². The quantitative estimate of drug-likeness (QED) is 0.443. The van der Waals surface area contributed by atoms with Crippen LogP contribution in [-0.4, -0.2) is 61.6 Å². The normalized spacial score (nSPS) is 16.7. The SMILES string of the molecule is O=S(=O)(c1cccc2cnccc12)N1CCCN(S(=O)(=O)c2cccc3cnccc23)CC1. The first kappa shape index (κ1) is 21.9. The smallest absolute Gasteiger partial charge is 0.243 e. The first-order chi connectivity index (χ1) is 15.9. The highest BCUT2D eigenvalue weighted by molar-refractivity contribution is 7.89. The van der Waals surface area contributed by atoms with Crippen molar-refractivity contribution in [1.29, 1.82) is 0 Å². The molecule has 1 fully saturated rings. The van der Waals surface area contributed by atoms with Crippen LogP contribution in [0, 0.1) is 0 Å². The van der Waals surface area contributed by atoms with E-state index in [4.69, 9.17) is 0 Å². The van der Waals surface area contributed by atoms with Crippen LogP contribution in [0.15, 0.2) is 83.1 Å². The zero-order valence-electron chi connectivity index (χ0n) is 17.7. The van der Waals surface area contributed by atoms with Crippen LogP contribution in [0.3, 0.4) is 0 Å². The van der Waals surface area contributed by atoms with Gasteiger partial charge in [0, 0.05) is 72.5 Å². The van der Waals surface area contributed by atoms with Crippen molar-refractivity contribution in [2.24, 2.45) is 0 Å². The average Bonchev–Trinajstić information content (AvgIpc) is 3.11. The predicted octanol–water partition coefficient (Wildman–Crippen LogP) is 2.87. The van der Waals surface area contributed by atoms with E-state index in [2.05, 4.69) is 9.97 Å². The number of hydrogen-bond donors (Lipinski definition) is 0. The van der Waals surface area contributed by atoms with Gasteiger partial charge in [-0.3, -0.25) is 9.97 Å². The van der Waals surface area contributed by atoms with Crippen LogP contribution in [0.25, 0.3) is 21.5 Å². The standard InChI is InChI=1S/C23H22N4O4S2/c28-32(29,22-6-1-4-18-16-24-10-8-20(18)22)26-12-3-13-27(15-14-26)33(30,31)23-7-2-5-19-17-25-11-9-21(19)23/h1-2,4-11,16-17H,3,12-15H2. The number of benzene rings is 2. The Bertz CT molecular complexity index is 1430. The number of sulfonamides is 2. The van der Waals surface area contributed by atoms with Crippen LogP contribution in [-0.2, 0) is 20.0 Å². The summed E-state index contributed by atoms with van der Waals surface area (Å²) >= 11 is 0. The molecule has 2 aromatic heterocycles. The highest BCUT2D eigenvalue weighted by Crippen LogP contribution is 2.28. The lowest BCUT2D eigenvalue weighted by Gasteiger charge is -2.22. The van der Waals surface area contributed by atoms with Crippen molar-refractivity contribution in [3.8, 4) is 0 Å². The second kappa shape index (κ2) is 8.45. The van der Waals surface area contributed by atoms with E-state index in [0.717, 1.165) is 10.8 Å². The fourth-order valence-corrected chi connectivity index (χ4v) is 7.63. The average molecular weight is 483 g/mol. The molecule has 10 heteroatoms. The van der Waals surface area contributed by atoms with E-state index in [9.17, 15) is 16.8 Å². The van der Waals surface area contributed by atoms with Crippen LogP contribution in [0.2, 0.25) is 0 Å². The molecule has 0 N–H and O–H groups in total. The fourth-order valence-electron chi connectivity index (χ4n) is 4.26. The van der Waals surface area contributed by atoms with Crippen molar-refractivity contribution in [3.63, 3.8) is 0 Å². The molecule has 0 aliphatic carbocycles. The third kappa shape index (κ3) is 3.89. The molecular formula is C23H22N4O4S2. The number of hydrogen-bond acceptors (Lipinski definition) is 6. The van der Waals surface area contributed by atoms with Gasteiger partial charge in [-0.05, 0) is 30.7 Å². The van der Waals surface area contributed by atoms with Gasteiger partial charge >= 0.3 is 0 Å². The molecule has 170 valence electrons. The van der Waals surface area contributed by atoms with Crippen molar-refractivity contribution in [3.05, 3.63) is 73.3 Å². The Morgan fingerprint density at radius 3 is 1.52 bits per heavy atom. The van der Waals surface area contributed by atoms with Crippen LogP contribution in [0.4, 0.5) is 0 Å². The maximum atomic E-state index is 13.5. The van der Waals surface area contributed by atoms with Gasteiger partial charge in [-0.2, -0.15) is 8.61 Å². The maximum absolute atomic E-state index is 13.5. The van der Waals surface area contributed by atoms with Crippen molar-refractivity contribution >= 4 is 41.6 Å². The first-order valence-corrected chi connectivity index (χ1v) is 13.4. The van der Waals surface area contributed by atoms with Gasteiger partial charge in [-0.25, -0.2) is 16.8 Å². The molecule has 0 amide bonds. The van der Waals surface area contributed by atoms with Crippen LogP contribution >= 0.6 is 0 Å². The van der Waals surface area contributed by atoms with Crippen molar-refractivity contribution in [1.82, 2.24) is 18.6 Å². The maximum Gasteiger partial charge on any atom is 0.243 e. The largest absolute Gasteiger partial charge is 0.264 e. The summed E-state index contributed by atoms with van der Waals surface area (Å²) in [6.45, 7) is 0.648. The third-order valence-corrected chi connectivity index (χ3v) is 9.84. The molecule has 4 aromatic rings. The summed E-state index contributed by atoms with van der Waals surface area (Å²) in [6.07, 6.45) is 6.79. The Kier molecular flexibility index (Phi) is 5.61. The van der Waals surface area contributed by atoms with Gasteiger partial charge in [0.15, 0.2) is 0 Å². The number of pyridine rings is 2. The predicted molar refractivity (Wildman–Crippen MR) is 126 cm³/mol. The summed E-state index contributed by atoms with van der Waals surface area (Å²) in [7, 11) is -7.61. The fraction of sp³-hybridized carbons (Fsp3) is 0.217. The molecule has 3 heterocycles. The molecule has 8 nitrogen and oxygen atoms in total. The lowest BCUT2D eigenvalue weighted by molar-refractivity contribution is 0.405. The number of nitrogens with zero attached hydrogens (tertiary/aromatic N) is 4. The lowest BCUT2D eigenvalue weighted by atomic mass is 10.2. The van der Waals surface area contributed by atoms with E-state index in [1.54, 1.807) is 61.2 Å². The Balaban J connectivity index is 1.45. The minimum Gasteiger partial charge on any atom is -0.264 e. The van der Waals surface area contributed by atoms with Crippen LogP contribution < -0.4 is 0 Å². The second-order valence-electron chi connectivity index (χ2n) is 7.87. The molecule has 0 radical (unpaired) electrons. The molecular weight excluding hydrogens is 460 g/mol. The Labute approximate surface area is 192 Å². The lowest BCUT2D eigenvalue weighted by Crippen LogP contribution is -2.37. The number of rotatable bonds is 4. The Morgan fingerprint density at radius 2 is 1.06 bits per heavy atom. The van der Waals surface area contributed by atoms with Crippen molar-refractivity contribution in [2.45, 2.75) is 16.2 Å². The molecule has 0 spiro atoms. The van der Waals surface area contributed by atoms with Crippen LogP contribution in [0.1, 0.15) is 6.42 Å². The van der Waals surface area contributed by atoms with E-state index >= 15 is 0 Å². The summed E-state index contributed by atoms with van der Waals surface area (Å²) in [5.41, 5.74) is 0. The monoisotopic (exact) mass is 482 g/mol. The van der Waals surface area contributed by atoms with Gasteiger partial charge in [0.25, 0.3) is 0 Å². The molecule has 1 aliphatic rings. The summed E-state index contributed by atoms with van der Waals surface area (Å²) in [5, 5.41) is 2.68. The van der Waals surface area contributed by atoms with E-state index in [1.165, 1.54) is 8.61 Å². The van der Waals surface area contributed by atoms with Gasteiger partial charge in [-0.1, -0.05) is 24.3 Å². The zero-order valence-corrected chi connectivity index (χ0v) is 19.3. The molecule has 2 aromatic carbocycles. The van der Waals surface area contributed by atoms with E-state index in [1.807, 2.05) is 12.1 Å². The number of aromatic nitrogens is 2. The van der Waals surface area contributed by atoms with Crippen LogP contribution in [0.5, 0.6) is 0 Å². The third-order valence-electron chi connectivity index (χ3n) is 5.93. The molecule has 5 rings (SSSR count). The van der Waals surface area contributed by atoms with E-state index in [-0.39, 0.29) is 36.0 Å². The molecule has 1 saturated heterocycles. The molecule has 0 atom stereocenters. The Hall–Kier alpha value is -2.92. The Morgan fingerprint density at radius 1 is 0.606 bits per heavy atom. The summed E-state index contributed by atoms with van der Waals surface area (Å²) in [4.78, 5) is 8.55. The summed E-state index contributed by atoms with van der Waals surface area (Å²) < 4.78 is 56.7. The summed E-state index contributed by atoms with van der Waals surface area (Å²) in [6, 6.07) is 13.6. The van der Waals surface area contributed by atoms with E-state index < -0.39 is 20.0 Å². The van der Waals surface area contributed by atoms with Gasteiger partial charge < -0.3 is 0 Å². The van der Waals surface area contributed by atoms with Gasteiger partial charge in [0.05, 0.1) is 9.79 Å². The first-order valence-electron chi connectivity index (χ1n) is 10.5. The minimum absolute atomic E-state index is 0.0787. The second-order valence-corrected chi connectivity index (χ2v) is 11.7. The van der Waals surface area contributed by atoms with Gasteiger partial charge in [0.2, 0.25) is 20.0 Å². The van der Waals surface area contributed by atoms with Gasteiger partial charge in [-0.15, -0.1) is 0 Å². The van der Waals surface area contributed by atoms with Gasteiger partial charge in [0.1, 0.15) is 0 Å². The zero-order chi connectivity index (χ0) is 23.1. The minimum atomic E-state index is -3.80. The molecule has 0 bridgehead atoms.